The molecule has 1 saturated carbocycles. The van der Waals surface area contributed by atoms with Gasteiger partial charge in [-0.2, -0.15) is 10.1 Å². The number of aryl methyl sites for hydroxylation is 2. The number of rotatable bonds is 3. The number of imidazole rings is 1. The maximum Gasteiger partial charge on any atom is 0.330 e. The molecule has 31 heavy (non-hydrogen) atoms. The molecule has 1 saturated heterocycles. The second-order valence-corrected chi connectivity index (χ2v) is 8.90. The minimum atomic E-state index is -0.0347. The summed E-state index contributed by atoms with van der Waals surface area (Å²) in [7, 11) is 1.78. The number of nitrogens with zero attached hydrogens (tertiary/aromatic N) is 7. The molecule has 0 atom stereocenters. The largest absolute Gasteiger partial charge is 0.380 e. The summed E-state index contributed by atoms with van der Waals surface area (Å²) in [5, 5.41) is 7.48. The van der Waals surface area contributed by atoms with Crippen molar-refractivity contribution in [2.75, 3.05) is 18.5 Å². The smallest absolute Gasteiger partial charge is 0.330 e. The molecule has 0 amide bonds. The Hall–Kier alpha value is -3.27. The number of anilines is 2. The highest BCUT2D eigenvalue weighted by Crippen LogP contribution is 2.45. The van der Waals surface area contributed by atoms with E-state index in [4.69, 9.17) is 9.72 Å². The Morgan fingerprint density at radius 2 is 2.03 bits per heavy atom. The molecule has 160 valence electrons. The van der Waals surface area contributed by atoms with Gasteiger partial charge in [0.2, 0.25) is 5.95 Å². The molecule has 5 heterocycles. The van der Waals surface area contributed by atoms with Crippen molar-refractivity contribution in [3.8, 4) is 0 Å². The summed E-state index contributed by atoms with van der Waals surface area (Å²) in [6, 6.07) is 2.10. The fourth-order valence-electron chi connectivity index (χ4n) is 4.89. The van der Waals surface area contributed by atoms with Gasteiger partial charge in [-0.15, -0.1) is 0 Å². The summed E-state index contributed by atoms with van der Waals surface area (Å²) in [6.45, 7) is 3.71. The fourth-order valence-corrected chi connectivity index (χ4v) is 4.89. The van der Waals surface area contributed by atoms with Crippen LogP contribution in [0.15, 0.2) is 29.6 Å². The van der Waals surface area contributed by atoms with Gasteiger partial charge in [0.1, 0.15) is 11.8 Å². The van der Waals surface area contributed by atoms with Crippen LogP contribution in [0.25, 0.3) is 16.8 Å². The third kappa shape index (κ3) is 2.85. The van der Waals surface area contributed by atoms with E-state index in [9.17, 15) is 4.79 Å². The van der Waals surface area contributed by atoms with Crippen LogP contribution in [0, 0.1) is 12.3 Å². The molecule has 0 bridgehead atoms. The first-order valence-corrected chi connectivity index (χ1v) is 10.6. The van der Waals surface area contributed by atoms with Gasteiger partial charge in [-0.05, 0) is 44.2 Å². The van der Waals surface area contributed by atoms with Gasteiger partial charge < -0.3 is 10.1 Å². The van der Waals surface area contributed by atoms with Crippen LogP contribution in [0.4, 0.5) is 11.6 Å². The lowest BCUT2D eigenvalue weighted by molar-refractivity contribution is -0.135. The lowest BCUT2D eigenvalue weighted by atomic mass is 9.71. The Morgan fingerprint density at radius 3 is 2.77 bits per heavy atom. The molecule has 2 fully saturated rings. The van der Waals surface area contributed by atoms with Gasteiger partial charge >= 0.3 is 5.69 Å². The first-order valence-electron chi connectivity index (χ1n) is 10.6. The summed E-state index contributed by atoms with van der Waals surface area (Å²) < 4.78 is 10.7. The van der Waals surface area contributed by atoms with Crippen LogP contribution in [-0.4, -0.2) is 46.9 Å². The van der Waals surface area contributed by atoms with Crippen molar-refractivity contribution in [3.05, 3.63) is 40.8 Å². The molecule has 0 radical (unpaired) electrons. The fraction of sp³-hybridized carbons (Fsp3) is 0.476. The lowest BCUT2D eigenvalue weighted by Gasteiger charge is -2.46. The van der Waals surface area contributed by atoms with Gasteiger partial charge in [-0.25, -0.2) is 19.3 Å². The summed E-state index contributed by atoms with van der Waals surface area (Å²) in [6.07, 6.45) is 9.23. The predicted molar refractivity (Wildman–Crippen MR) is 115 cm³/mol. The average Bonchev–Trinajstić information content (AvgIpc) is 3.29. The molecule has 1 spiro atoms. The molecule has 1 aliphatic carbocycles. The molecule has 6 rings (SSSR count). The Balaban J connectivity index is 1.37. The molecule has 1 N–H and O–H groups in total. The summed E-state index contributed by atoms with van der Waals surface area (Å²) in [5.41, 5.74) is 4.35. The predicted octanol–water partition coefficient (Wildman–Crippen LogP) is 2.36. The highest BCUT2D eigenvalue weighted by Gasteiger charge is 2.42. The average molecular weight is 420 g/mol. The molecule has 4 aromatic heterocycles. The van der Waals surface area contributed by atoms with Crippen molar-refractivity contribution in [2.24, 2.45) is 12.5 Å². The van der Waals surface area contributed by atoms with Gasteiger partial charge in [0, 0.05) is 18.5 Å². The van der Waals surface area contributed by atoms with E-state index in [1.54, 1.807) is 22.3 Å². The zero-order valence-electron chi connectivity index (χ0n) is 17.6. The van der Waals surface area contributed by atoms with Crippen LogP contribution in [0.5, 0.6) is 0 Å². The zero-order chi connectivity index (χ0) is 21.2. The molecular formula is C21H24N8O2. The standard InChI is InChI=1S/C21H24N8O2/c1-13-7-17-23-12-24-28(17)9-15(13)25-19-22-8-16-18(26-19)29(20(30)27(16)2)14-3-5-21(6-4-14)10-31-11-21/h7-9,12,14H,3-6,10-11H2,1-2H3,(H,22,25,26). The van der Waals surface area contributed by atoms with Crippen LogP contribution in [0.3, 0.4) is 0 Å². The minimum absolute atomic E-state index is 0.0347. The van der Waals surface area contributed by atoms with Crippen LogP contribution in [0.1, 0.15) is 37.3 Å². The van der Waals surface area contributed by atoms with E-state index in [2.05, 4.69) is 20.4 Å². The van der Waals surface area contributed by atoms with Crippen molar-refractivity contribution >= 4 is 28.4 Å². The number of pyridine rings is 1. The first kappa shape index (κ1) is 18.5. The molecular weight excluding hydrogens is 396 g/mol. The van der Waals surface area contributed by atoms with E-state index < -0.39 is 0 Å². The third-order valence-electron chi connectivity index (χ3n) is 6.90. The molecule has 2 aliphatic rings. The lowest BCUT2D eigenvalue weighted by Crippen LogP contribution is -2.46. The van der Waals surface area contributed by atoms with Crippen LogP contribution in [-0.2, 0) is 11.8 Å². The number of fused-ring (bicyclic) bond motifs is 2. The maximum absolute atomic E-state index is 13.1. The van der Waals surface area contributed by atoms with Gasteiger partial charge in [0.15, 0.2) is 11.3 Å². The van der Waals surface area contributed by atoms with E-state index in [0.717, 1.165) is 61.3 Å². The van der Waals surface area contributed by atoms with Gasteiger partial charge in [-0.1, -0.05) is 0 Å². The molecule has 10 nitrogen and oxygen atoms in total. The van der Waals surface area contributed by atoms with E-state index in [1.807, 2.05) is 23.8 Å². The Morgan fingerprint density at radius 1 is 1.23 bits per heavy atom. The Bertz CT molecular complexity index is 1350. The second-order valence-electron chi connectivity index (χ2n) is 8.90. The van der Waals surface area contributed by atoms with E-state index in [1.165, 1.54) is 6.33 Å². The number of nitrogens with one attached hydrogen (secondary N) is 1. The van der Waals surface area contributed by atoms with E-state index in [0.29, 0.717) is 17.0 Å². The van der Waals surface area contributed by atoms with Crippen LogP contribution in [0.2, 0.25) is 0 Å². The van der Waals surface area contributed by atoms with Crippen molar-refractivity contribution in [2.45, 2.75) is 38.6 Å². The Labute approximate surface area is 177 Å². The number of hydrogen-bond acceptors (Lipinski definition) is 7. The Kier molecular flexibility index (Phi) is 3.95. The van der Waals surface area contributed by atoms with Crippen molar-refractivity contribution in [3.63, 3.8) is 0 Å². The summed E-state index contributed by atoms with van der Waals surface area (Å²) in [4.78, 5) is 26.5. The van der Waals surface area contributed by atoms with Crippen molar-refractivity contribution in [1.82, 2.24) is 33.7 Å². The van der Waals surface area contributed by atoms with E-state index in [-0.39, 0.29) is 11.7 Å². The molecule has 4 aromatic rings. The number of ether oxygens (including phenoxy) is 1. The number of hydrogen-bond donors (Lipinski definition) is 1. The van der Waals surface area contributed by atoms with Gasteiger partial charge in [0.25, 0.3) is 0 Å². The molecule has 1 aliphatic heterocycles. The number of aromatic nitrogens is 7. The van der Waals surface area contributed by atoms with Crippen molar-refractivity contribution in [1.29, 1.82) is 0 Å². The maximum atomic E-state index is 13.1. The summed E-state index contributed by atoms with van der Waals surface area (Å²) >= 11 is 0. The van der Waals surface area contributed by atoms with Crippen LogP contribution >= 0.6 is 0 Å². The normalized spacial score (nSPS) is 18.6. The topological polar surface area (TPSA) is 104 Å². The molecule has 0 unspecified atom stereocenters. The first-order chi connectivity index (χ1) is 15.0. The van der Waals surface area contributed by atoms with E-state index >= 15 is 0 Å². The third-order valence-corrected chi connectivity index (χ3v) is 6.90. The molecule has 10 heteroatoms. The van der Waals surface area contributed by atoms with Gasteiger partial charge in [-0.3, -0.25) is 9.13 Å². The minimum Gasteiger partial charge on any atom is -0.380 e. The monoisotopic (exact) mass is 420 g/mol. The SMILES string of the molecule is Cc1cc2ncnn2cc1Nc1ncc2c(n1)n(C1CCC3(CC1)COC3)c(=O)n2C. The highest BCUT2D eigenvalue weighted by atomic mass is 16.5. The molecule has 0 aromatic carbocycles. The van der Waals surface area contributed by atoms with Crippen LogP contribution < -0.4 is 11.0 Å². The van der Waals surface area contributed by atoms with Gasteiger partial charge in [0.05, 0.1) is 31.3 Å². The summed E-state index contributed by atoms with van der Waals surface area (Å²) in [5.74, 6) is 0.453. The highest BCUT2D eigenvalue weighted by molar-refractivity contribution is 5.73. The zero-order valence-corrected chi connectivity index (χ0v) is 17.6. The second kappa shape index (κ2) is 6.61. The quantitative estimate of drug-likeness (QED) is 0.542. The van der Waals surface area contributed by atoms with Crippen molar-refractivity contribution < 1.29 is 4.74 Å².